The minimum Gasteiger partial charge on any atom is -0.291 e. The van der Waals surface area contributed by atoms with Gasteiger partial charge in [0.05, 0.1) is 5.88 Å². The first-order chi connectivity index (χ1) is 4.04. The molecule has 0 saturated heterocycles. The van der Waals surface area contributed by atoms with Crippen molar-refractivity contribution in [3.05, 3.63) is 12.7 Å². The molecule has 0 saturated carbocycles. The third kappa shape index (κ3) is 2.10. The summed E-state index contributed by atoms with van der Waals surface area (Å²) < 4.78 is 24.0. The minimum atomic E-state index is -3.46. The molecule has 0 heterocycles. The van der Waals surface area contributed by atoms with Crippen LogP contribution >= 0.6 is 11.6 Å². The van der Waals surface area contributed by atoms with Crippen LogP contribution in [-0.2, 0) is 4.79 Å². The van der Waals surface area contributed by atoms with E-state index in [0.717, 1.165) is 0 Å². The fourth-order valence-electron chi connectivity index (χ4n) is 0.203. The molecule has 0 aromatic rings. The first-order valence-corrected chi connectivity index (χ1v) is 2.68. The molecular weight excluding hydrogens is 150 g/mol. The van der Waals surface area contributed by atoms with E-state index in [1.54, 1.807) is 0 Å². The van der Waals surface area contributed by atoms with Crippen molar-refractivity contribution in [1.29, 1.82) is 0 Å². The SMILES string of the molecule is C=CC(F)(F)C(=O)CCl. The van der Waals surface area contributed by atoms with Gasteiger partial charge >= 0.3 is 5.92 Å². The van der Waals surface area contributed by atoms with Crippen LogP contribution < -0.4 is 0 Å². The highest BCUT2D eigenvalue weighted by Gasteiger charge is 2.33. The molecule has 52 valence electrons. The molecule has 9 heavy (non-hydrogen) atoms. The average molecular weight is 155 g/mol. The Morgan fingerprint density at radius 3 is 2.33 bits per heavy atom. The van der Waals surface area contributed by atoms with Crippen LogP contribution in [0.5, 0.6) is 0 Å². The number of allylic oxidation sites excluding steroid dienone is 1. The summed E-state index contributed by atoms with van der Waals surface area (Å²) in [5.74, 6) is -5.46. The van der Waals surface area contributed by atoms with Gasteiger partial charge in [0.15, 0.2) is 0 Å². The zero-order chi connectivity index (χ0) is 7.49. The summed E-state index contributed by atoms with van der Waals surface area (Å²) in [6.07, 6.45) is 0.276. The van der Waals surface area contributed by atoms with Gasteiger partial charge in [0, 0.05) is 0 Å². The van der Waals surface area contributed by atoms with Gasteiger partial charge < -0.3 is 0 Å². The number of hydrogen-bond donors (Lipinski definition) is 0. The largest absolute Gasteiger partial charge is 0.324 e. The third-order valence-corrected chi connectivity index (χ3v) is 0.992. The number of ketones is 1. The zero-order valence-electron chi connectivity index (χ0n) is 4.53. The molecule has 0 aromatic heterocycles. The van der Waals surface area contributed by atoms with Gasteiger partial charge in [-0.2, -0.15) is 8.78 Å². The number of carbonyl (C=O) groups excluding carboxylic acids is 1. The summed E-state index contributed by atoms with van der Waals surface area (Å²) in [5.41, 5.74) is 0. The Kier molecular flexibility index (Phi) is 2.77. The van der Waals surface area contributed by atoms with Crippen LogP contribution in [0.4, 0.5) is 8.78 Å². The quantitative estimate of drug-likeness (QED) is 0.446. The predicted octanol–water partition coefficient (Wildman–Crippen LogP) is 1.62. The number of rotatable bonds is 3. The van der Waals surface area contributed by atoms with Crippen LogP contribution in [0.15, 0.2) is 12.7 Å². The summed E-state index contributed by atoms with van der Waals surface area (Å²) in [6.45, 7) is 2.77. The van der Waals surface area contributed by atoms with Crippen molar-refractivity contribution < 1.29 is 13.6 Å². The number of hydrogen-bond acceptors (Lipinski definition) is 1. The smallest absolute Gasteiger partial charge is 0.291 e. The fraction of sp³-hybridized carbons (Fsp3) is 0.400. The number of halogens is 3. The summed E-state index contributed by atoms with van der Waals surface area (Å²) in [6, 6.07) is 0. The standard InChI is InChI=1S/C5H5ClF2O/c1-2-5(7,8)4(9)3-6/h2H,1,3H2. The molecule has 0 amide bonds. The van der Waals surface area contributed by atoms with Crippen LogP contribution in [0.2, 0.25) is 0 Å². The highest BCUT2D eigenvalue weighted by atomic mass is 35.5. The van der Waals surface area contributed by atoms with E-state index in [0.29, 0.717) is 0 Å². The molecule has 1 nitrogen and oxygen atoms in total. The second kappa shape index (κ2) is 2.92. The maximum absolute atomic E-state index is 12.0. The van der Waals surface area contributed by atoms with Crippen LogP contribution in [0.3, 0.4) is 0 Å². The zero-order valence-corrected chi connectivity index (χ0v) is 5.29. The van der Waals surface area contributed by atoms with Crippen molar-refractivity contribution in [2.75, 3.05) is 5.88 Å². The molecule has 0 N–H and O–H groups in total. The van der Waals surface area contributed by atoms with E-state index in [1.807, 2.05) is 0 Å². The van der Waals surface area contributed by atoms with Gasteiger partial charge in [-0.15, -0.1) is 11.6 Å². The van der Waals surface area contributed by atoms with Crippen LogP contribution in [0, 0.1) is 0 Å². The third-order valence-electron chi connectivity index (χ3n) is 0.750. The van der Waals surface area contributed by atoms with E-state index in [-0.39, 0.29) is 6.08 Å². The lowest BCUT2D eigenvalue weighted by Crippen LogP contribution is -2.26. The van der Waals surface area contributed by atoms with Gasteiger partial charge in [-0.25, -0.2) is 0 Å². The van der Waals surface area contributed by atoms with Gasteiger partial charge in [-0.05, 0) is 6.08 Å². The Hall–Kier alpha value is -0.440. The molecule has 0 spiro atoms. The minimum absolute atomic E-state index is 0.276. The number of carbonyl (C=O) groups is 1. The molecule has 0 rings (SSSR count). The molecule has 0 aliphatic heterocycles. The van der Waals surface area contributed by atoms with E-state index < -0.39 is 17.6 Å². The van der Waals surface area contributed by atoms with E-state index >= 15 is 0 Å². The van der Waals surface area contributed by atoms with Gasteiger partial charge in [0.2, 0.25) is 5.78 Å². The summed E-state index contributed by atoms with van der Waals surface area (Å²) in [4.78, 5) is 10.1. The molecule has 0 aromatic carbocycles. The lowest BCUT2D eigenvalue weighted by Gasteiger charge is -2.05. The van der Waals surface area contributed by atoms with E-state index in [2.05, 4.69) is 6.58 Å². The van der Waals surface area contributed by atoms with E-state index in [9.17, 15) is 13.6 Å². The first kappa shape index (κ1) is 8.56. The molecule has 0 atom stereocenters. The summed E-state index contributed by atoms with van der Waals surface area (Å²) in [7, 11) is 0. The normalized spacial score (nSPS) is 11.0. The Morgan fingerprint density at radius 1 is 1.78 bits per heavy atom. The Morgan fingerprint density at radius 2 is 2.22 bits per heavy atom. The highest BCUT2D eigenvalue weighted by Crippen LogP contribution is 2.15. The van der Waals surface area contributed by atoms with E-state index in [1.165, 1.54) is 0 Å². The molecule has 0 fully saturated rings. The molecule has 0 bridgehead atoms. The highest BCUT2D eigenvalue weighted by molar-refractivity contribution is 6.28. The van der Waals surface area contributed by atoms with Gasteiger partial charge in [-0.3, -0.25) is 4.79 Å². The average Bonchev–Trinajstić information content (AvgIpc) is 1.86. The predicted molar refractivity (Wildman–Crippen MR) is 30.9 cm³/mol. The van der Waals surface area contributed by atoms with Crippen molar-refractivity contribution in [2.45, 2.75) is 5.92 Å². The molecule has 0 aliphatic carbocycles. The molecule has 0 unspecified atom stereocenters. The number of alkyl halides is 3. The summed E-state index contributed by atoms with van der Waals surface area (Å²) >= 11 is 4.84. The monoisotopic (exact) mass is 154 g/mol. The van der Waals surface area contributed by atoms with Crippen molar-refractivity contribution in [2.24, 2.45) is 0 Å². The number of Topliss-reactive ketones (excluding diaryl/α,β-unsaturated/α-hetero) is 1. The topological polar surface area (TPSA) is 17.1 Å². The van der Waals surface area contributed by atoms with Crippen molar-refractivity contribution in [3.8, 4) is 0 Å². The molecule has 4 heteroatoms. The lowest BCUT2D eigenvalue weighted by molar-refractivity contribution is -0.134. The summed E-state index contributed by atoms with van der Waals surface area (Å²) in [5, 5.41) is 0. The Labute approximate surface area is 56.3 Å². The lowest BCUT2D eigenvalue weighted by atomic mass is 10.2. The van der Waals surface area contributed by atoms with Crippen molar-refractivity contribution >= 4 is 17.4 Å². The van der Waals surface area contributed by atoms with E-state index in [4.69, 9.17) is 11.6 Å². The molecule has 0 radical (unpaired) electrons. The first-order valence-electron chi connectivity index (χ1n) is 2.15. The second-order valence-corrected chi connectivity index (χ2v) is 1.65. The van der Waals surface area contributed by atoms with Crippen LogP contribution in [0.25, 0.3) is 0 Å². The van der Waals surface area contributed by atoms with Gasteiger partial charge in [0.1, 0.15) is 0 Å². The molecular formula is C5H5ClF2O. The van der Waals surface area contributed by atoms with Crippen LogP contribution in [0.1, 0.15) is 0 Å². The van der Waals surface area contributed by atoms with Gasteiger partial charge in [-0.1, -0.05) is 6.58 Å². The maximum Gasteiger partial charge on any atom is 0.324 e. The fourth-order valence-corrected chi connectivity index (χ4v) is 0.381. The molecule has 0 aliphatic rings. The van der Waals surface area contributed by atoms with Gasteiger partial charge in [0.25, 0.3) is 0 Å². The van der Waals surface area contributed by atoms with Crippen molar-refractivity contribution in [3.63, 3.8) is 0 Å². The van der Waals surface area contributed by atoms with Crippen LogP contribution in [-0.4, -0.2) is 17.6 Å². The Bertz CT molecular complexity index is 133. The Balaban J connectivity index is 4.14. The van der Waals surface area contributed by atoms with Crippen molar-refractivity contribution in [1.82, 2.24) is 0 Å². The maximum atomic E-state index is 12.0. The second-order valence-electron chi connectivity index (χ2n) is 1.38.